The summed E-state index contributed by atoms with van der Waals surface area (Å²) >= 11 is 1.71. The molecule has 1 saturated heterocycles. The minimum atomic E-state index is 0.148. The quantitative estimate of drug-likeness (QED) is 0.755. The fourth-order valence-electron chi connectivity index (χ4n) is 3.64. The van der Waals surface area contributed by atoms with Crippen molar-refractivity contribution in [2.75, 3.05) is 54.0 Å². The third-order valence-electron chi connectivity index (χ3n) is 4.95. The van der Waals surface area contributed by atoms with Crippen LogP contribution in [0.25, 0.3) is 0 Å². The maximum Gasteiger partial charge on any atom is 0.319 e. The second-order valence-corrected chi connectivity index (χ2v) is 7.71. The van der Waals surface area contributed by atoms with Gasteiger partial charge < -0.3 is 14.5 Å². The Hall–Kier alpha value is -1.18. The predicted molar refractivity (Wildman–Crippen MR) is 90.4 cm³/mol. The van der Waals surface area contributed by atoms with Crippen LogP contribution in [0.5, 0.6) is 0 Å². The molecule has 0 N–H and O–H groups in total. The van der Waals surface area contributed by atoms with E-state index in [1.54, 1.807) is 23.3 Å². The van der Waals surface area contributed by atoms with E-state index < -0.39 is 0 Å². The number of hydrogen-bond donors (Lipinski definition) is 0. The summed E-state index contributed by atoms with van der Waals surface area (Å²) in [6.45, 7) is 5.51. The van der Waals surface area contributed by atoms with Gasteiger partial charge in [-0.3, -0.25) is 4.90 Å². The second-order valence-electron chi connectivity index (χ2n) is 6.73. The van der Waals surface area contributed by atoms with Gasteiger partial charge in [-0.2, -0.15) is 0 Å². The molecule has 0 spiro atoms. The Balaban J connectivity index is 1.50. The lowest BCUT2D eigenvalue weighted by molar-refractivity contribution is 0.134. The molecule has 3 atom stereocenters. The smallest absolute Gasteiger partial charge is 0.319 e. The highest BCUT2D eigenvalue weighted by Crippen LogP contribution is 2.52. The van der Waals surface area contributed by atoms with E-state index in [1.165, 1.54) is 0 Å². The number of nitrogens with zero attached hydrogens (tertiary/aromatic N) is 4. The van der Waals surface area contributed by atoms with Gasteiger partial charge in [0, 0.05) is 59.0 Å². The summed E-state index contributed by atoms with van der Waals surface area (Å²) in [5.41, 5.74) is 0. The second kappa shape index (κ2) is 7.15. The SMILES string of the molecule is COCCN(Cc1nccs1)CC1[C@H]2CN(C(=O)N(C)C)C[C@@H]12. The van der Waals surface area contributed by atoms with Gasteiger partial charge >= 0.3 is 6.03 Å². The van der Waals surface area contributed by atoms with Gasteiger partial charge in [0.2, 0.25) is 0 Å². The normalized spacial score (nSPS) is 25.7. The van der Waals surface area contributed by atoms with Crippen molar-refractivity contribution in [2.45, 2.75) is 6.54 Å². The number of likely N-dealkylation sites (tertiary alicyclic amines) is 1. The minimum Gasteiger partial charge on any atom is -0.383 e. The van der Waals surface area contributed by atoms with Gasteiger partial charge in [0.05, 0.1) is 13.2 Å². The predicted octanol–water partition coefficient (Wildman–Crippen LogP) is 1.45. The molecule has 1 unspecified atom stereocenters. The van der Waals surface area contributed by atoms with Crippen LogP contribution in [0, 0.1) is 17.8 Å². The molecular formula is C16H26N4O2S. The van der Waals surface area contributed by atoms with Crippen LogP contribution in [0.3, 0.4) is 0 Å². The molecule has 1 aromatic heterocycles. The Morgan fingerprint density at radius 2 is 2.17 bits per heavy atom. The van der Waals surface area contributed by atoms with Gasteiger partial charge in [0.25, 0.3) is 0 Å². The van der Waals surface area contributed by atoms with E-state index in [-0.39, 0.29) is 6.03 Å². The van der Waals surface area contributed by atoms with Crippen molar-refractivity contribution in [1.29, 1.82) is 0 Å². The summed E-state index contributed by atoms with van der Waals surface area (Å²) in [6, 6.07) is 0.148. The number of carbonyl (C=O) groups excluding carboxylic acids is 1. The van der Waals surface area contributed by atoms with Crippen molar-refractivity contribution in [2.24, 2.45) is 17.8 Å². The molecule has 1 aliphatic heterocycles. The lowest BCUT2D eigenvalue weighted by atomic mass is 10.2. The third kappa shape index (κ3) is 3.84. The van der Waals surface area contributed by atoms with Crippen LogP contribution in [0.2, 0.25) is 0 Å². The number of amides is 2. The molecule has 2 aliphatic rings. The lowest BCUT2D eigenvalue weighted by Gasteiger charge is -2.26. The fraction of sp³-hybridized carbons (Fsp3) is 0.750. The van der Waals surface area contributed by atoms with Crippen LogP contribution in [-0.4, -0.2) is 79.7 Å². The van der Waals surface area contributed by atoms with Gasteiger partial charge in [-0.15, -0.1) is 11.3 Å². The van der Waals surface area contributed by atoms with Gasteiger partial charge in [-0.05, 0) is 17.8 Å². The molecule has 0 radical (unpaired) electrons. The van der Waals surface area contributed by atoms with E-state index in [1.807, 2.05) is 30.6 Å². The molecule has 2 fully saturated rings. The van der Waals surface area contributed by atoms with E-state index in [2.05, 4.69) is 9.88 Å². The first-order valence-electron chi connectivity index (χ1n) is 8.16. The standard InChI is InChI=1S/C16H26N4O2S/c1-18(2)16(21)20-9-13-12(14(13)10-20)8-19(5-6-22-3)11-15-17-4-7-23-15/h4,7,12-14H,5-6,8-11H2,1-3H3/t12?,13-,14+. The van der Waals surface area contributed by atoms with Crippen molar-refractivity contribution in [3.05, 3.63) is 16.6 Å². The first kappa shape index (κ1) is 16.7. The number of ether oxygens (including phenoxy) is 1. The Morgan fingerprint density at radius 1 is 1.43 bits per heavy atom. The molecule has 0 aromatic carbocycles. The number of aromatic nitrogens is 1. The number of rotatable bonds is 7. The number of carbonyl (C=O) groups is 1. The summed E-state index contributed by atoms with van der Waals surface area (Å²) in [6.07, 6.45) is 1.87. The lowest BCUT2D eigenvalue weighted by Crippen LogP contribution is -2.40. The highest BCUT2D eigenvalue weighted by Gasteiger charge is 2.56. The average molecular weight is 338 g/mol. The summed E-state index contributed by atoms with van der Waals surface area (Å²) in [4.78, 5) is 22.5. The van der Waals surface area contributed by atoms with E-state index in [0.29, 0.717) is 11.8 Å². The highest BCUT2D eigenvalue weighted by atomic mass is 32.1. The number of fused-ring (bicyclic) bond motifs is 1. The molecule has 2 amide bonds. The van der Waals surface area contributed by atoms with Crippen LogP contribution >= 0.6 is 11.3 Å². The maximum atomic E-state index is 12.0. The topological polar surface area (TPSA) is 48.9 Å². The minimum absolute atomic E-state index is 0.148. The Morgan fingerprint density at radius 3 is 2.74 bits per heavy atom. The van der Waals surface area contributed by atoms with Crippen molar-refractivity contribution in [3.63, 3.8) is 0 Å². The van der Waals surface area contributed by atoms with E-state index >= 15 is 0 Å². The first-order valence-corrected chi connectivity index (χ1v) is 9.04. The van der Waals surface area contributed by atoms with Crippen molar-refractivity contribution < 1.29 is 9.53 Å². The van der Waals surface area contributed by atoms with Crippen LogP contribution in [0.1, 0.15) is 5.01 Å². The maximum absolute atomic E-state index is 12.0. The monoisotopic (exact) mass is 338 g/mol. The zero-order valence-corrected chi connectivity index (χ0v) is 15.0. The van der Waals surface area contributed by atoms with Gasteiger partial charge in [-0.1, -0.05) is 0 Å². The van der Waals surface area contributed by atoms with Gasteiger partial charge in [0.15, 0.2) is 0 Å². The summed E-state index contributed by atoms with van der Waals surface area (Å²) in [7, 11) is 5.40. The van der Waals surface area contributed by atoms with Crippen LogP contribution < -0.4 is 0 Å². The number of hydrogen-bond acceptors (Lipinski definition) is 5. The molecule has 7 heteroatoms. The largest absolute Gasteiger partial charge is 0.383 e. The van der Waals surface area contributed by atoms with Crippen LogP contribution in [0.4, 0.5) is 4.79 Å². The Kier molecular flexibility index (Phi) is 5.18. The van der Waals surface area contributed by atoms with Gasteiger partial charge in [-0.25, -0.2) is 9.78 Å². The molecule has 1 aromatic rings. The zero-order valence-electron chi connectivity index (χ0n) is 14.1. The first-order chi connectivity index (χ1) is 11.1. The number of urea groups is 1. The van der Waals surface area contributed by atoms with E-state index in [0.717, 1.165) is 50.3 Å². The van der Waals surface area contributed by atoms with E-state index in [4.69, 9.17) is 4.74 Å². The summed E-state index contributed by atoms with van der Waals surface area (Å²) in [5, 5.41) is 3.19. The van der Waals surface area contributed by atoms with E-state index in [9.17, 15) is 4.79 Å². The average Bonchev–Trinajstić information content (AvgIpc) is 2.95. The molecule has 6 nitrogen and oxygen atoms in total. The van der Waals surface area contributed by atoms with Crippen molar-refractivity contribution in [1.82, 2.24) is 19.7 Å². The molecule has 1 saturated carbocycles. The molecule has 1 aliphatic carbocycles. The fourth-order valence-corrected chi connectivity index (χ4v) is 4.29. The van der Waals surface area contributed by atoms with Crippen molar-refractivity contribution in [3.8, 4) is 0 Å². The molecule has 0 bridgehead atoms. The third-order valence-corrected chi connectivity index (χ3v) is 5.71. The Bertz CT molecular complexity index is 510. The molecule has 23 heavy (non-hydrogen) atoms. The molecular weight excluding hydrogens is 312 g/mol. The number of methoxy groups -OCH3 is 1. The zero-order chi connectivity index (χ0) is 16.4. The van der Waals surface area contributed by atoms with Crippen LogP contribution in [-0.2, 0) is 11.3 Å². The number of piperidine rings is 1. The summed E-state index contributed by atoms with van der Waals surface area (Å²) in [5.74, 6) is 2.08. The summed E-state index contributed by atoms with van der Waals surface area (Å²) < 4.78 is 5.25. The van der Waals surface area contributed by atoms with Crippen molar-refractivity contribution >= 4 is 17.4 Å². The van der Waals surface area contributed by atoms with Gasteiger partial charge in [0.1, 0.15) is 5.01 Å². The highest BCUT2D eigenvalue weighted by molar-refractivity contribution is 7.09. The van der Waals surface area contributed by atoms with Crippen LogP contribution in [0.15, 0.2) is 11.6 Å². The Labute approximate surface area is 142 Å². The number of thiazole rings is 1. The molecule has 2 heterocycles. The molecule has 128 valence electrons. The molecule has 3 rings (SSSR count).